The van der Waals surface area contributed by atoms with Crippen molar-refractivity contribution in [1.82, 2.24) is 9.97 Å². The molecule has 108 valence electrons. The SMILES string of the molecule is COC(=O)c1ncc(B2OC(C)(C)C(C)(C)O2)nc1Cl. The summed E-state index contributed by atoms with van der Waals surface area (Å²) in [5.41, 5.74) is -0.574. The van der Waals surface area contributed by atoms with Gasteiger partial charge in [-0.1, -0.05) is 11.6 Å². The monoisotopic (exact) mass is 298 g/mol. The van der Waals surface area contributed by atoms with Gasteiger partial charge in [0, 0.05) is 6.20 Å². The van der Waals surface area contributed by atoms with E-state index in [1.807, 2.05) is 27.7 Å². The number of aromatic nitrogens is 2. The van der Waals surface area contributed by atoms with Crippen molar-refractivity contribution in [3.63, 3.8) is 0 Å². The maximum atomic E-state index is 11.4. The fourth-order valence-corrected chi connectivity index (χ4v) is 1.91. The van der Waals surface area contributed by atoms with E-state index in [1.165, 1.54) is 13.3 Å². The minimum absolute atomic E-state index is 0.0329. The molecule has 0 unspecified atom stereocenters. The molecule has 20 heavy (non-hydrogen) atoms. The van der Waals surface area contributed by atoms with Crippen molar-refractivity contribution in [3.8, 4) is 0 Å². The Morgan fingerprint density at radius 3 is 2.30 bits per heavy atom. The summed E-state index contributed by atoms with van der Waals surface area (Å²) >= 11 is 5.94. The quantitative estimate of drug-likeness (QED) is 0.604. The first-order chi connectivity index (χ1) is 9.18. The van der Waals surface area contributed by atoms with E-state index in [1.54, 1.807) is 0 Å². The van der Waals surface area contributed by atoms with E-state index in [-0.39, 0.29) is 10.8 Å². The molecule has 1 saturated heterocycles. The minimum atomic E-state index is -0.670. The molecule has 6 nitrogen and oxygen atoms in total. The van der Waals surface area contributed by atoms with Crippen LogP contribution >= 0.6 is 11.6 Å². The van der Waals surface area contributed by atoms with Crippen molar-refractivity contribution in [3.05, 3.63) is 17.0 Å². The second-order valence-electron chi connectivity index (χ2n) is 5.51. The van der Waals surface area contributed by atoms with Gasteiger partial charge in [-0.05, 0) is 27.7 Å². The molecule has 2 rings (SSSR count). The Labute approximate surface area is 122 Å². The van der Waals surface area contributed by atoms with E-state index in [0.717, 1.165) is 0 Å². The molecular weight excluding hydrogens is 282 g/mol. The van der Waals surface area contributed by atoms with Crippen LogP contribution in [0.25, 0.3) is 0 Å². The van der Waals surface area contributed by atoms with Crippen LogP contribution in [0, 0.1) is 0 Å². The fraction of sp³-hybridized carbons (Fsp3) is 0.583. The highest BCUT2D eigenvalue weighted by atomic mass is 35.5. The smallest absolute Gasteiger partial charge is 0.464 e. The van der Waals surface area contributed by atoms with Crippen LogP contribution in [0.15, 0.2) is 6.20 Å². The third-order valence-corrected chi connectivity index (χ3v) is 3.89. The maximum Gasteiger partial charge on any atom is 0.516 e. The van der Waals surface area contributed by atoms with Crippen LogP contribution in [0.3, 0.4) is 0 Å². The summed E-state index contributed by atoms with van der Waals surface area (Å²) in [5, 5.41) is -0.0379. The van der Waals surface area contributed by atoms with Crippen LogP contribution in [0.2, 0.25) is 5.15 Å². The molecule has 1 aromatic heterocycles. The van der Waals surface area contributed by atoms with Crippen molar-refractivity contribution < 1.29 is 18.8 Å². The number of hydrogen-bond donors (Lipinski definition) is 0. The molecule has 0 aromatic carbocycles. The number of rotatable bonds is 2. The van der Waals surface area contributed by atoms with Gasteiger partial charge in [0.1, 0.15) is 0 Å². The van der Waals surface area contributed by atoms with Gasteiger partial charge in [0.2, 0.25) is 0 Å². The molecule has 0 aliphatic carbocycles. The number of methoxy groups -OCH3 is 1. The van der Waals surface area contributed by atoms with Gasteiger partial charge in [-0.15, -0.1) is 0 Å². The standard InChI is InChI=1S/C12H16BClN2O4/c1-11(2)12(3,4)20-13(19-11)7-6-15-8(9(14)16-7)10(17)18-5/h6H,1-5H3. The molecular formula is C12H16BClN2O4. The number of ether oxygens (including phenoxy) is 1. The van der Waals surface area contributed by atoms with Crippen LogP contribution in [0.4, 0.5) is 0 Å². The van der Waals surface area contributed by atoms with Crippen LogP contribution in [-0.4, -0.2) is 41.4 Å². The summed E-state index contributed by atoms with van der Waals surface area (Å²) in [6.07, 6.45) is 1.40. The van der Waals surface area contributed by atoms with Crippen molar-refractivity contribution in [2.45, 2.75) is 38.9 Å². The van der Waals surface area contributed by atoms with Crippen LogP contribution < -0.4 is 5.59 Å². The lowest BCUT2D eigenvalue weighted by Crippen LogP contribution is -2.41. The number of esters is 1. The van der Waals surface area contributed by atoms with Crippen molar-refractivity contribution in [1.29, 1.82) is 0 Å². The Hall–Kier alpha value is -1.18. The van der Waals surface area contributed by atoms with E-state index < -0.39 is 24.3 Å². The summed E-state index contributed by atoms with van der Waals surface area (Å²) in [6, 6.07) is 0. The molecule has 1 aliphatic heterocycles. The minimum Gasteiger partial charge on any atom is -0.464 e. The molecule has 0 bridgehead atoms. The molecule has 0 saturated carbocycles. The van der Waals surface area contributed by atoms with Gasteiger partial charge >= 0.3 is 13.1 Å². The summed E-state index contributed by atoms with van der Waals surface area (Å²) in [5.74, 6) is -0.636. The Morgan fingerprint density at radius 1 is 1.30 bits per heavy atom. The third-order valence-electron chi connectivity index (χ3n) is 3.62. The number of halogens is 1. The van der Waals surface area contributed by atoms with E-state index in [4.69, 9.17) is 20.9 Å². The highest BCUT2D eigenvalue weighted by Gasteiger charge is 2.52. The predicted molar refractivity (Wildman–Crippen MR) is 74.1 cm³/mol. The van der Waals surface area contributed by atoms with Crippen LogP contribution in [0.1, 0.15) is 38.2 Å². The lowest BCUT2D eigenvalue weighted by molar-refractivity contribution is 0.00578. The zero-order chi connectivity index (χ0) is 15.1. The van der Waals surface area contributed by atoms with Gasteiger partial charge in [0.15, 0.2) is 10.8 Å². The zero-order valence-electron chi connectivity index (χ0n) is 12.1. The second-order valence-corrected chi connectivity index (χ2v) is 5.87. The highest BCUT2D eigenvalue weighted by molar-refractivity contribution is 6.61. The topological polar surface area (TPSA) is 70.5 Å². The van der Waals surface area contributed by atoms with Crippen LogP contribution in [0.5, 0.6) is 0 Å². The summed E-state index contributed by atoms with van der Waals surface area (Å²) in [7, 11) is 0.583. The molecule has 1 aromatic rings. The largest absolute Gasteiger partial charge is 0.516 e. The molecule has 1 aliphatic rings. The average Bonchev–Trinajstić information content (AvgIpc) is 2.57. The molecule has 8 heteroatoms. The van der Waals surface area contributed by atoms with Gasteiger partial charge in [0.05, 0.1) is 23.9 Å². The number of hydrogen-bond acceptors (Lipinski definition) is 6. The zero-order valence-corrected chi connectivity index (χ0v) is 12.8. The molecule has 0 N–H and O–H groups in total. The molecule has 2 heterocycles. The first-order valence-corrected chi connectivity index (χ1v) is 6.52. The Bertz CT molecular complexity index is 534. The number of nitrogens with zero attached hydrogens (tertiary/aromatic N) is 2. The van der Waals surface area contributed by atoms with Crippen molar-refractivity contribution in [2.75, 3.05) is 7.11 Å². The molecule has 0 atom stereocenters. The normalized spacial score (nSPS) is 20.0. The van der Waals surface area contributed by atoms with Crippen molar-refractivity contribution in [2.24, 2.45) is 0 Å². The Kier molecular flexibility index (Phi) is 3.79. The fourth-order valence-electron chi connectivity index (χ4n) is 1.69. The van der Waals surface area contributed by atoms with E-state index in [0.29, 0.717) is 5.59 Å². The van der Waals surface area contributed by atoms with Gasteiger partial charge in [-0.3, -0.25) is 0 Å². The number of carbonyl (C=O) groups is 1. The first-order valence-electron chi connectivity index (χ1n) is 6.14. The lowest BCUT2D eigenvalue weighted by Gasteiger charge is -2.32. The van der Waals surface area contributed by atoms with E-state index in [9.17, 15) is 4.79 Å². The number of carbonyl (C=O) groups excluding carboxylic acids is 1. The van der Waals surface area contributed by atoms with Crippen LogP contribution in [-0.2, 0) is 14.0 Å². The Balaban J connectivity index is 2.28. The second kappa shape index (κ2) is 4.98. The highest BCUT2D eigenvalue weighted by Crippen LogP contribution is 2.36. The van der Waals surface area contributed by atoms with Gasteiger partial charge in [0.25, 0.3) is 0 Å². The van der Waals surface area contributed by atoms with Gasteiger partial charge < -0.3 is 14.0 Å². The Morgan fingerprint density at radius 2 is 1.85 bits per heavy atom. The predicted octanol–water partition coefficient (Wildman–Crippen LogP) is 1.22. The van der Waals surface area contributed by atoms with E-state index in [2.05, 4.69) is 14.7 Å². The molecule has 1 fully saturated rings. The first kappa shape index (κ1) is 15.2. The lowest BCUT2D eigenvalue weighted by atomic mass is 9.85. The summed E-state index contributed by atoms with van der Waals surface area (Å²) in [6.45, 7) is 7.74. The summed E-state index contributed by atoms with van der Waals surface area (Å²) < 4.78 is 16.2. The molecule has 0 amide bonds. The average molecular weight is 299 g/mol. The third kappa shape index (κ3) is 2.53. The van der Waals surface area contributed by atoms with Gasteiger partial charge in [-0.25, -0.2) is 14.8 Å². The van der Waals surface area contributed by atoms with E-state index >= 15 is 0 Å². The summed E-state index contributed by atoms with van der Waals surface area (Å²) in [4.78, 5) is 19.5. The molecule has 0 radical (unpaired) electrons. The molecule has 0 spiro atoms. The maximum absolute atomic E-state index is 11.4. The van der Waals surface area contributed by atoms with Crippen molar-refractivity contribution >= 4 is 30.3 Å². The van der Waals surface area contributed by atoms with Gasteiger partial charge in [-0.2, -0.15) is 0 Å².